The van der Waals surface area contributed by atoms with Crippen LogP contribution in [0.15, 0.2) is 18.2 Å². The number of nitro groups is 1. The molecule has 0 fully saturated rings. The second-order valence-electron chi connectivity index (χ2n) is 2.52. The summed E-state index contributed by atoms with van der Waals surface area (Å²) < 4.78 is 0. The van der Waals surface area contributed by atoms with E-state index < -0.39 is 16.8 Å². The van der Waals surface area contributed by atoms with Gasteiger partial charge in [-0.25, -0.2) is 0 Å². The highest BCUT2D eigenvalue weighted by molar-refractivity contribution is 5.90. The molecule has 0 saturated heterocycles. The van der Waals surface area contributed by atoms with Crippen LogP contribution in [0.1, 0.15) is 17.4 Å². The van der Waals surface area contributed by atoms with Gasteiger partial charge in [-0.15, -0.1) is 0 Å². The highest BCUT2D eigenvalue weighted by Crippen LogP contribution is 2.06. The van der Waals surface area contributed by atoms with Crippen molar-refractivity contribution in [1.29, 1.82) is 0 Å². The molecule has 86 valence electrons. The fourth-order valence-electron chi connectivity index (χ4n) is 0.662. The number of hydrogen-bond acceptors (Lipinski definition) is 5. The van der Waals surface area contributed by atoms with E-state index >= 15 is 0 Å². The number of rotatable bonds is 2. The van der Waals surface area contributed by atoms with Gasteiger partial charge >= 0.3 is 5.82 Å². The SMILES string of the molecule is CC(=O)O.NC(=O)c1cccc([N+](=O)[O-])n1. The lowest BCUT2D eigenvalue weighted by atomic mass is 10.3. The van der Waals surface area contributed by atoms with E-state index in [0.717, 1.165) is 6.92 Å². The Bertz CT molecular complexity index is 385. The van der Waals surface area contributed by atoms with Crippen LogP contribution in [-0.2, 0) is 4.79 Å². The summed E-state index contributed by atoms with van der Waals surface area (Å²) in [4.78, 5) is 32.4. The summed E-state index contributed by atoms with van der Waals surface area (Å²) in [5, 5.41) is 17.6. The number of carboxylic acids is 1. The maximum Gasteiger partial charge on any atom is 0.364 e. The van der Waals surface area contributed by atoms with E-state index in [2.05, 4.69) is 4.98 Å². The van der Waals surface area contributed by atoms with E-state index in [1.54, 1.807) is 0 Å². The molecule has 1 heterocycles. The minimum Gasteiger partial charge on any atom is -0.481 e. The summed E-state index contributed by atoms with van der Waals surface area (Å²) in [5.41, 5.74) is 4.75. The summed E-state index contributed by atoms with van der Waals surface area (Å²) in [6, 6.07) is 3.85. The molecule has 1 rings (SSSR count). The number of amides is 1. The first-order valence-corrected chi connectivity index (χ1v) is 3.95. The molecule has 0 atom stereocenters. The standard InChI is InChI=1S/C6H5N3O3.C2H4O2/c7-6(10)4-2-1-3-5(8-4)9(11)12;1-2(3)4/h1-3H,(H2,7,10);1H3,(H,3,4). The number of aliphatic carboxylic acids is 1. The Hall–Kier alpha value is -2.51. The van der Waals surface area contributed by atoms with Crippen molar-refractivity contribution in [3.63, 3.8) is 0 Å². The molecule has 1 aromatic heterocycles. The first-order chi connectivity index (χ1) is 7.34. The molecule has 0 unspecified atom stereocenters. The van der Waals surface area contributed by atoms with Gasteiger partial charge < -0.3 is 21.0 Å². The quantitative estimate of drug-likeness (QED) is 0.546. The number of aromatic nitrogens is 1. The normalized spacial score (nSPS) is 8.56. The first kappa shape index (κ1) is 13.5. The molecule has 0 aliphatic carbocycles. The van der Waals surface area contributed by atoms with E-state index in [9.17, 15) is 14.9 Å². The van der Waals surface area contributed by atoms with Crippen molar-refractivity contribution in [3.8, 4) is 0 Å². The molecule has 0 aliphatic rings. The summed E-state index contributed by atoms with van der Waals surface area (Å²) in [6.07, 6.45) is 0. The van der Waals surface area contributed by atoms with Crippen LogP contribution in [0, 0.1) is 10.1 Å². The molecular weight excluding hydrogens is 218 g/mol. The fraction of sp³-hybridized carbons (Fsp3) is 0.125. The van der Waals surface area contributed by atoms with Gasteiger partial charge in [0.2, 0.25) is 5.69 Å². The maximum atomic E-state index is 10.5. The molecule has 1 amide bonds. The lowest BCUT2D eigenvalue weighted by Gasteiger charge is -1.91. The van der Waals surface area contributed by atoms with Gasteiger partial charge in [-0.1, -0.05) is 0 Å². The van der Waals surface area contributed by atoms with Crippen molar-refractivity contribution in [3.05, 3.63) is 34.0 Å². The molecule has 1 aromatic rings. The lowest BCUT2D eigenvalue weighted by Crippen LogP contribution is -2.13. The zero-order valence-corrected chi connectivity index (χ0v) is 8.28. The molecule has 0 radical (unpaired) electrons. The minimum absolute atomic E-state index is 0.107. The average Bonchev–Trinajstić information content (AvgIpc) is 2.17. The van der Waals surface area contributed by atoms with E-state index in [-0.39, 0.29) is 11.5 Å². The number of nitrogens with two attached hydrogens (primary N) is 1. The summed E-state index contributed by atoms with van der Waals surface area (Å²) in [7, 11) is 0. The third kappa shape index (κ3) is 5.27. The third-order valence-corrected chi connectivity index (χ3v) is 1.17. The largest absolute Gasteiger partial charge is 0.481 e. The molecule has 8 nitrogen and oxygen atoms in total. The van der Waals surface area contributed by atoms with Crippen LogP contribution >= 0.6 is 0 Å². The van der Waals surface area contributed by atoms with Crippen molar-refractivity contribution in [2.24, 2.45) is 5.73 Å². The highest BCUT2D eigenvalue weighted by atomic mass is 16.6. The van der Waals surface area contributed by atoms with Crippen molar-refractivity contribution < 1.29 is 19.6 Å². The summed E-state index contributed by atoms with van der Waals surface area (Å²) in [5.74, 6) is -2.00. The van der Waals surface area contributed by atoms with Gasteiger partial charge in [-0.05, 0) is 22.0 Å². The van der Waals surface area contributed by atoms with Gasteiger partial charge in [0.1, 0.15) is 0 Å². The summed E-state index contributed by atoms with van der Waals surface area (Å²) >= 11 is 0. The van der Waals surface area contributed by atoms with Crippen LogP contribution in [0.3, 0.4) is 0 Å². The van der Waals surface area contributed by atoms with Gasteiger partial charge in [0.25, 0.3) is 11.9 Å². The number of primary amides is 1. The molecule has 0 spiro atoms. The minimum atomic E-state index is -0.833. The topological polar surface area (TPSA) is 136 Å². The molecule has 3 N–H and O–H groups in total. The van der Waals surface area contributed by atoms with Crippen LogP contribution in [0.5, 0.6) is 0 Å². The Morgan fingerprint density at radius 1 is 1.50 bits per heavy atom. The number of carboxylic acid groups (broad SMARTS) is 1. The van der Waals surface area contributed by atoms with Crippen LogP contribution in [-0.4, -0.2) is 26.9 Å². The van der Waals surface area contributed by atoms with Crippen molar-refractivity contribution in [2.75, 3.05) is 0 Å². The molecule has 0 aromatic carbocycles. The number of hydrogen-bond donors (Lipinski definition) is 2. The van der Waals surface area contributed by atoms with Gasteiger partial charge in [-0.3, -0.25) is 9.59 Å². The number of carbonyl (C=O) groups excluding carboxylic acids is 1. The summed E-state index contributed by atoms with van der Waals surface area (Å²) in [6.45, 7) is 1.08. The number of pyridine rings is 1. The molecule has 8 heteroatoms. The average molecular weight is 227 g/mol. The van der Waals surface area contributed by atoms with Crippen LogP contribution in [0.4, 0.5) is 5.82 Å². The maximum absolute atomic E-state index is 10.5. The number of nitrogens with zero attached hydrogens (tertiary/aromatic N) is 2. The van der Waals surface area contributed by atoms with Crippen molar-refractivity contribution in [1.82, 2.24) is 4.98 Å². The lowest BCUT2D eigenvalue weighted by molar-refractivity contribution is -0.389. The Morgan fingerprint density at radius 2 is 2.00 bits per heavy atom. The third-order valence-electron chi connectivity index (χ3n) is 1.17. The second kappa shape index (κ2) is 6.06. The van der Waals surface area contributed by atoms with E-state index in [1.807, 2.05) is 0 Å². The van der Waals surface area contributed by atoms with Crippen molar-refractivity contribution >= 4 is 17.7 Å². The monoisotopic (exact) mass is 227 g/mol. The van der Waals surface area contributed by atoms with Crippen LogP contribution in [0.2, 0.25) is 0 Å². The highest BCUT2D eigenvalue weighted by Gasteiger charge is 2.12. The van der Waals surface area contributed by atoms with E-state index in [0.29, 0.717) is 0 Å². The Kier molecular flexibility index (Phi) is 5.11. The first-order valence-electron chi connectivity index (χ1n) is 3.95. The van der Waals surface area contributed by atoms with Crippen LogP contribution in [0.25, 0.3) is 0 Å². The molecule has 0 aliphatic heterocycles. The Labute approximate surface area is 89.9 Å². The Balaban J connectivity index is 0.000000487. The predicted molar refractivity (Wildman–Crippen MR) is 52.7 cm³/mol. The molecular formula is C8H9N3O5. The van der Waals surface area contributed by atoms with E-state index in [1.165, 1.54) is 18.2 Å². The van der Waals surface area contributed by atoms with Crippen molar-refractivity contribution in [2.45, 2.75) is 6.92 Å². The van der Waals surface area contributed by atoms with Crippen LogP contribution < -0.4 is 5.73 Å². The van der Waals surface area contributed by atoms with E-state index in [4.69, 9.17) is 15.6 Å². The smallest absolute Gasteiger partial charge is 0.364 e. The van der Waals surface area contributed by atoms with Gasteiger partial charge in [0.15, 0.2) is 0 Å². The molecule has 0 bridgehead atoms. The van der Waals surface area contributed by atoms with Gasteiger partial charge in [-0.2, -0.15) is 0 Å². The zero-order chi connectivity index (χ0) is 12.7. The Morgan fingerprint density at radius 3 is 2.38 bits per heavy atom. The van der Waals surface area contributed by atoms with Gasteiger partial charge in [0, 0.05) is 13.0 Å². The van der Waals surface area contributed by atoms with Gasteiger partial charge in [0.05, 0.1) is 0 Å². The predicted octanol–water partition coefficient (Wildman–Crippen LogP) is 0.180. The second-order valence-corrected chi connectivity index (χ2v) is 2.52. The fourth-order valence-corrected chi connectivity index (χ4v) is 0.662. The number of carbonyl (C=O) groups is 2. The molecule has 0 saturated carbocycles. The zero-order valence-electron chi connectivity index (χ0n) is 8.28. The molecule has 16 heavy (non-hydrogen) atoms.